The third-order valence-corrected chi connectivity index (χ3v) is 4.07. The Morgan fingerprint density at radius 1 is 0.840 bits per heavy atom. The molecule has 141 valence electrons. The molecule has 0 amide bonds. The van der Waals surface area contributed by atoms with Crippen LogP contribution in [0.25, 0.3) is 0 Å². The van der Waals surface area contributed by atoms with Crippen molar-refractivity contribution < 1.29 is 51.1 Å². The molecular weight excluding hydrogens is 408 g/mol. The zero-order valence-electron chi connectivity index (χ0n) is 14.7. The van der Waals surface area contributed by atoms with Crippen molar-refractivity contribution >= 4 is 11.8 Å². The van der Waals surface area contributed by atoms with Gasteiger partial charge in [-0.3, -0.25) is 0 Å². The quantitative estimate of drug-likeness (QED) is 0.502. The topological polar surface area (TPSA) is 56.1 Å². The van der Waals surface area contributed by atoms with Crippen molar-refractivity contribution in [2.24, 2.45) is 21.8 Å². The fourth-order valence-corrected chi connectivity index (χ4v) is 2.42. The van der Waals surface area contributed by atoms with E-state index in [1.807, 2.05) is 18.2 Å². The molecule has 1 radical (unpaired) electrons. The molecule has 0 aromatic carbocycles. The second-order valence-electron chi connectivity index (χ2n) is 6.52. The molecule has 0 saturated carbocycles. The maximum atomic E-state index is 5.70. The first-order valence-electron chi connectivity index (χ1n) is 7.93. The van der Waals surface area contributed by atoms with Gasteiger partial charge in [0.05, 0.1) is 12.1 Å². The molecule has 0 unspecified atom stereocenters. The fourth-order valence-electron chi connectivity index (χ4n) is 2.42. The van der Waals surface area contributed by atoms with Gasteiger partial charge in [0.2, 0.25) is 11.8 Å². The summed E-state index contributed by atoms with van der Waals surface area (Å²) in [6, 6.07) is 6.21. The average Bonchev–Trinajstić information content (AvgIpc) is 3.17. The Morgan fingerprint density at radius 3 is 1.56 bits per heavy atom. The second-order valence-corrected chi connectivity index (χ2v) is 6.52. The van der Waals surface area contributed by atoms with Crippen LogP contribution >= 0.6 is 0 Å². The zero-order chi connectivity index (χ0) is 15.7. The van der Waals surface area contributed by atoms with Crippen LogP contribution < -0.4 is 24.8 Å². The summed E-state index contributed by atoms with van der Waals surface area (Å²) in [5.41, 5.74) is 1.50. The van der Waals surface area contributed by atoms with Gasteiger partial charge in [-0.05, 0) is 24.0 Å². The van der Waals surface area contributed by atoms with Crippen LogP contribution in [-0.2, 0) is 26.3 Å². The van der Waals surface area contributed by atoms with Crippen LogP contribution in [0.5, 0.6) is 0 Å². The number of aliphatic imine (C=N–C) groups is 2. The van der Waals surface area contributed by atoms with Gasteiger partial charge in [-0.1, -0.05) is 33.8 Å². The van der Waals surface area contributed by atoms with Crippen molar-refractivity contribution in [1.29, 1.82) is 0 Å². The first-order valence-corrected chi connectivity index (χ1v) is 7.93. The SMILES string of the molecule is CC(C)[C@@H]1COC(c2cccc(C3=N[C@H](C(C)C)CO3)n2)=N1.[Cl-].[Cl-].[Co+2]. The Hall–Kier alpha value is -0.824. The van der Waals surface area contributed by atoms with E-state index in [2.05, 4.69) is 42.7 Å². The Balaban J connectivity index is 0.00000192. The van der Waals surface area contributed by atoms with Gasteiger partial charge in [-0.25, -0.2) is 15.0 Å². The number of rotatable bonds is 4. The Labute approximate surface area is 172 Å². The molecule has 0 saturated heterocycles. The number of hydrogen-bond donors (Lipinski definition) is 0. The van der Waals surface area contributed by atoms with E-state index in [1.165, 1.54) is 0 Å². The van der Waals surface area contributed by atoms with Crippen molar-refractivity contribution in [3.63, 3.8) is 0 Å². The largest absolute Gasteiger partial charge is 2.00 e. The van der Waals surface area contributed by atoms with Gasteiger partial charge < -0.3 is 34.3 Å². The van der Waals surface area contributed by atoms with Gasteiger partial charge in [-0.15, -0.1) is 0 Å². The van der Waals surface area contributed by atoms with E-state index >= 15 is 0 Å². The van der Waals surface area contributed by atoms with Gasteiger partial charge in [0.1, 0.15) is 24.6 Å². The van der Waals surface area contributed by atoms with E-state index in [1.54, 1.807) is 0 Å². The molecule has 3 rings (SSSR count). The predicted octanol–water partition coefficient (Wildman–Crippen LogP) is -3.31. The third kappa shape index (κ3) is 5.58. The summed E-state index contributed by atoms with van der Waals surface area (Å²) >= 11 is 0. The van der Waals surface area contributed by atoms with Crippen LogP contribution in [0.15, 0.2) is 28.2 Å². The first-order chi connectivity index (χ1) is 10.5. The summed E-state index contributed by atoms with van der Waals surface area (Å²) in [6.45, 7) is 9.86. The smallest absolute Gasteiger partial charge is 1.00 e. The molecule has 0 spiro atoms. The molecule has 2 aliphatic rings. The zero-order valence-corrected chi connectivity index (χ0v) is 17.3. The molecule has 0 bridgehead atoms. The van der Waals surface area contributed by atoms with Crippen molar-refractivity contribution in [2.45, 2.75) is 39.8 Å². The maximum Gasteiger partial charge on any atom is 2.00 e. The van der Waals surface area contributed by atoms with Crippen LogP contribution in [0.3, 0.4) is 0 Å². The minimum atomic E-state index is 0. The van der Waals surface area contributed by atoms with Gasteiger partial charge >= 0.3 is 16.8 Å². The second kappa shape index (κ2) is 10.4. The minimum Gasteiger partial charge on any atom is -1.00 e. The normalized spacial score (nSPS) is 21.4. The number of pyridine rings is 1. The molecule has 3 heterocycles. The molecule has 25 heavy (non-hydrogen) atoms. The number of ether oxygens (including phenoxy) is 2. The van der Waals surface area contributed by atoms with Gasteiger partial charge in [-0.2, -0.15) is 0 Å². The first kappa shape index (κ1) is 24.2. The van der Waals surface area contributed by atoms with Crippen LogP contribution in [0, 0.1) is 11.8 Å². The summed E-state index contributed by atoms with van der Waals surface area (Å²) in [5.74, 6) is 2.18. The predicted molar refractivity (Wildman–Crippen MR) is 86.5 cm³/mol. The molecular formula is C17H23Cl2CoN3O2. The molecule has 2 aliphatic heterocycles. The summed E-state index contributed by atoms with van der Waals surface area (Å²) in [4.78, 5) is 13.9. The Morgan fingerprint density at radius 2 is 1.24 bits per heavy atom. The molecule has 1 aromatic heterocycles. The van der Waals surface area contributed by atoms with E-state index in [9.17, 15) is 0 Å². The molecule has 8 heteroatoms. The van der Waals surface area contributed by atoms with Crippen molar-refractivity contribution in [1.82, 2.24) is 4.98 Å². The Kier molecular flexibility index (Phi) is 10.0. The fraction of sp³-hybridized carbons (Fsp3) is 0.588. The average molecular weight is 431 g/mol. The van der Waals surface area contributed by atoms with Gasteiger partial charge in [0.15, 0.2) is 0 Å². The van der Waals surface area contributed by atoms with Crippen molar-refractivity contribution in [3.05, 3.63) is 29.6 Å². The van der Waals surface area contributed by atoms with Crippen molar-refractivity contribution in [3.8, 4) is 0 Å². The molecule has 5 nitrogen and oxygen atoms in total. The molecule has 0 N–H and O–H groups in total. The minimum absolute atomic E-state index is 0. The number of halogens is 2. The summed E-state index contributed by atoms with van der Waals surface area (Å²) in [7, 11) is 0. The maximum absolute atomic E-state index is 5.70. The van der Waals surface area contributed by atoms with Crippen LogP contribution in [0.4, 0.5) is 0 Å². The Bertz CT molecular complexity index is 574. The van der Waals surface area contributed by atoms with Crippen LogP contribution in [0.1, 0.15) is 39.1 Å². The van der Waals surface area contributed by atoms with E-state index < -0.39 is 0 Å². The summed E-state index contributed by atoms with van der Waals surface area (Å²) in [5, 5.41) is 0. The summed E-state index contributed by atoms with van der Waals surface area (Å²) in [6.07, 6.45) is 0. The van der Waals surface area contributed by atoms with E-state index in [-0.39, 0.29) is 53.7 Å². The molecule has 0 aliphatic carbocycles. The standard InChI is InChI=1S/C17H23N3O2.2ClH.Co/c1-10(2)14-8-21-16(19-14)12-6-5-7-13(18-12)17-20-15(9-22-17)11(3)4;;;/h5-7,10-11,14-15H,8-9H2,1-4H3;2*1H;/q;;;+2/p-2/t14-,15-;;;/m0.../s1. The number of nitrogens with zero attached hydrogens (tertiary/aromatic N) is 3. The number of aromatic nitrogens is 1. The van der Waals surface area contributed by atoms with Crippen molar-refractivity contribution in [2.75, 3.05) is 13.2 Å². The molecule has 0 fully saturated rings. The van der Waals surface area contributed by atoms with Gasteiger partial charge in [0, 0.05) is 0 Å². The number of hydrogen-bond acceptors (Lipinski definition) is 5. The van der Waals surface area contributed by atoms with E-state index in [0.717, 1.165) is 11.4 Å². The third-order valence-electron chi connectivity index (χ3n) is 4.07. The van der Waals surface area contributed by atoms with Crippen LogP contribution in [-0.4, -0.2) is 42.1 Å². The van der Waals surface area contributed by atoms with E-state index in [0.29, 0.717) is 36.8 Å². The summed E-state index contributed by atoms with van der Waals surface area (Å²) < 4.78 is 11.4. The molecule has 2 atom stereocenters. The van der Waals surface area contributed by atoms with E-state index in [4.69, 9.17) is 9.47 Å². The molecule has 1 aromatic rings. The van der Waals surface area contributed by atoms with Crippen LogP contribution in [0.2, 0.25) is 0 Å². The monoisotopic (exact) mass is 430 g/mol. The van der Waals surface area contributed by atoms with Gasteiger partial charge in [0.25, 0.3) is 0 Å².